The van der Waals surface area contributed by atoms with Crippen molar-refractivity contribution in [2.45, 2.75) is 31.3 Å². The first kappa shape index (κ1) is 20.2. The quantitative estimate of drug-likeness (QED) is 0.654. The van der Waals surface area contributed by atoms with Crippen molar-refractivity contribution in [1.29, 1.82) is 0 Å². The predicted molar refractivity (Wildman–Crippen MR) is 89.4 cm³/mol. The summed E-state index contributed by atoms with van der Waals surface area (Å²) in [6.07, 6.45) is -4.66. The zero-order valence-electron chi connectivity index (χ0n) is 14.4. The van der Waals surface area contributed by atoms with E-state index in [-0.39, 0.29) is 6.61 Å². The molecule has 0 radical (unpaired) electrons. The number of pyridine rings is 1. The van der Waals surface area contributed by atoms with Crippen molar-refractivity contribution >= 4 is 0 Å². The van der Waals surface area contributed by atoms with Crippen molar-refractivity contribution in [3.63, 3.8) is 0 Å². The Bertz CT molecular complexity index is 719. The second-order valence-corrected chi connectivity index (χ2v) is 6.56. The first-order chi connectivity index (χ1) is 12.0. The summed E-state index contributed by atoms with van der Waals surface area (Å²) in [5, 5.41) is 23.2. The van der Waals surface area contributed by atoms with Crippen LogP contribution < -0.4 is 10.1 Å². The number of nitrogens with one attached hydrogen (secondary N) is 1. The van der Waals surface area contributed by atoms with Gasteiger partial charge >= 0.3 is 6.18 Å². The van der Waals surface area contributed by atoms with Crippen LogP contribution in [0, 0.1) is 0 Å². The summed E-state index contributed by atoms with van der Waals surface area (Å²) in [6.45, 7) is 3.33. The van der Waals surface area contributed by atoms with Gasteiger partial charge < -0.3 is 20.3 Å². The monoisotopic (exact) mass is 370 g/mol. The van der Waals surface area contributed by atoms with Crippen molar-refractivity contribution in [3.8, 4) is 5.75 Å². The maximum absolute atomic E-state index is 12.7. The Kier molecular flexibility index (Phi) is 5.90. The summed E-state index contributed by atoms with van der Waals surface area (Å²) in [7, 11) is 0. The molecule has 0 aliphatic heterocycles. The largest absolute Gasteiger partial charge is 0.492 e. The number of ether oxygens (including phenoxy) is 1. The lowest BCUT2D eigenvalue weighted by atomic mass is 10.1. The Morgan fingerprint density at radius 2 is 1.58 bits per heavy atom. The molecule has 0 spiro atoms. The fraction of sp³-hybridized carbons (Fsp3) is 0.389. The molecule has 0 aliphatic carbocycles. The SMILES string of the molecule is CC(C)(COc1ccccc1)NCC(O)(O)c1cccc(C(F)(F)F)n1. The van der Waals surface area contributed by atoms with Gasteiger partial charge in [0.2, 0.25) is 5.79 Å². The number of halogens is 3. The van der Waals surface area contributed by atoms with E-state index in [1.165, 1.54) is 0 Å². The highest BCUT2D eigenvalue weighted by molar-refractivity contribution is 5.21. The van der Waals surface area contributed by atoms with Crippen molar-refractivity contribution in [1.82, 2.24) is 10.3 Å². The number of hydrogen-bond donors (Lipinski definition) is 3. The molecule has 0 atom stereocenters. The van der Waals surface area contributed by atoms with Crippen LogP contribution in [0.3, 0.4) is 0 Å². The molecule has 3 N–H and O–H groups in total. The number of benzene rings is 1. The van der Waals surface area contributed by atoms with Gasteiger partial charge in [0.05, 0.1) is 6.54 Å². The number of aromatic nitrogens is 1. The van der Waals surface area contributed by atoms with Gasteiger partial charge in [-0.3, -0.25) is 0 Å². The normalized spacial score (nSPS) is 12.9. The summed E-state index contributed by atoms with van der Waals surface area (Å²) in [6, 6.07) is 12.0. The average molecular weight is 370 g/mol. The van der Waals surface area contributed by atoms with Gasteiger partial charge in [-0.25, -0.2) is 4.98 Å². The van der Waals surface area contributed by atoms with Gasteiger partial charge in [0.25, 0.3) is 0 Å². The molecule has 0 aliphatic rings. The van der Waals surface area contributed by atoms with E-state index in [0.29, 0.717) is 5.75 Å². The molecule has 1 heterocycles. The van der Waals surface area contributed by atoms with E-state index in [1.54, 1.807) is 26.0 Å². The summed E-state index contributed by atoms with van der Waals surface area (Å²) in [5.74, 6) is -1.91. The molecule has 1 aromatic heterocycles. The van der Waals surface area contributed by atoms with Gasteiger partial charge in [0, 0.05) is 5.54 Å². The highest BCUT2D eigenvalue weighted by Gasteiger charge is 2.36. The average Bonchev–Trinajstić information content (AvgIpc) is 2.59. The van der Waals surface area contributed by atoms with Crippen LogP contribution in [0.1, 0.15) is 25.2 Å². The minimum Gasteiger partial charge on any atom is -0.492 e. The number of nitrogens with zero attached hydrogens (tertiary/aromatic N) is 1. The summed E-state index contributed by atoms with van der Waals surface area (Å²) < 4.78 is 43.8. The zero-order valence-corrected chi connectivity index (χ0v) is 14.4. The number of aliphatic hydroxyl groups is 2. The van der Waals surface area contributed by atoms with E-state index in [0.717, 1.165) is 18.2 Å². The molecule has 0 saturated carbocycles. The summed E-state index contributed by atoms with van der Waals surface area (Å²) in [4.78, 5) is 3.31. The van der Waals surface area contributed by atoms with Gasteiger partial charge in [-0.05, 0) is 38.1 Å². The number of alkyl halides is 3. The van der Waals surface area contributed by atoms with Crippen LogP contribution in [-0.4, -0.2) is 33.9 Å². The molecule has 5 nitrogen and oxygen atoms in total. The molecule has 0 bridgehead atoms. The molecule has 0 saturated heterocycles. The van der Waals surface area contributed by atoms with E-state index in [1.807, 2.05) is 18.2 Å². The van der Waals surface area contributed by atoms with Crippen molar-refractivity contribution < 1.29 is 28.1 Å². The van der Waals surface area contributed by atoms with Crippen LogP contribution in [0.4, 0.5) is 13.2 Å². The Morgan fingerprint density at radius 3 is 2.19 bits per heavy atom. The lowest BCUT2D eigenvalue weighted by Gasteiger charge is -2.31. The number of para-hydroxylation sites is 1. The molecule has 0 fully saturated rings. The molecule has 0 unspecified atom stereocenters. The molecule has 0 amide bonds. The number of β-amino-alcohol motifs (C(OH)–C–C–N with tert-alkyl or cyclic N) is 2. The first-order valence-electron chi connectivity index (χ1n) is 7.92. The van der Waals surface area contributed by atoms with Crippen molar-refractivity contribution in [2.75, 3.05) is 13.2 Å². The van der Waals surface area contributed by atoms with Gasteiger partial charge in [-0.1, -0.05) is 24.3 Å². The van der Waals surface area contributed by atoms with E-state index in [2.05, 4.69) is 10.3 Å². The second-order valence-electron chi connectivity index (χ2n) is 6.56. The van der Waals surface area contributed by atoms with Crippen LogP contribution in [0.15, 0.2) is 48.5 Å². The van der Waals surface area contributed by atoms with Crippen LogP contribution in [0.25, 0.3) is 0 Å². The van der Waals surface area contributed by atoms with Gasteiger partial charge in [-0.2, -0.15) is 13.2 Å². The first-order valence-corrected chi connectivity index (χ1v) is 7.92. The molecular weight excluding hydrogens is 349 g/mol. The number of hydrogen-bond acceptors (Lipinski definition) is 5. The van der Waals surface area contributed by atoms with Crippen LogP contribution >= 0.6 is 0 Å². The third-order valence-electron chi connectivity index (χ3n) is 3.61. The maximum Gasteiger partial charge on any atom is 0.433 e. The highest BCUT2D eigenvalue weighted by Crippen LogP contribution is 2.29. The Labute approximate surface area is 149 Å². The molecule has 142 valence electrons. The Hall–Kier alpha value is -2.16. The van der Waals surface area contributed by atoms with Crippen LogP contribution in [0.2, 0.25) is 0 Å². The minimum atomic E-state index is -4.66. The topological polar surface area (TPSA) is 74.6 Å². The molecule has 1 aromatic carbocycles. The van der Waals surface area contributed by atoms with Gasteiger partial charge in [0.1, 0.15) is 23.7 Å². The standard InChI is InChI=1S/C18H21F3N2O3/c1-16(2,12-26-13-7-4-3-5-8-13)22-11-17(24,25)14-9-6-10-15(23-14)18(19,20)21/h3-10,22,24-25H,11-12H2,1-2H3. The fourth-order valence-electron chi connectivity index (χ4n) is 2.10. The van der Waals surface area contributed by atoms with E-state index < -0.39 is 35.4 Å². The molecular formula is C18H21F3N2O3. The van der Waals surface area contributed by atoms with Crippen LogP contribution in [0.5, 0.6) is 5.75 Å². The van der Waals surface area contributed by atoms with E-state index >= 15 is 0 Å². The zero-order chi connectivity index (χ0) is 19.4. The second kappa shape index (κ2) is 7.61. The smallest absolute Gasteiger partial charge is 0.433 e. The van der Waals surface area contributed by atoms with Crippen molar-refractivity contribution in [2.24, 2.45) is 0 Å². The summed E-state index contributed by atoms with van der Waals surface area (Å²) >= 11 is 0. The minimum absolute atomic E-state index is 0.211. The summed E-state index contributed by atoms with van der Waals surface area (Å²) in [5.41, 5.74) is -2.34. The van der Waals surface area contributed by atoms with E-state index in [9.17, 15) is 23.4 Å². The van der Waals surface area contributed by atoms with Crippen molar-refractivity contribution in [3.05, 3.63) is 59.9 Å². The predicted octanol–water partition coefficient (Wildman–Crippen LogP) is 2.69. The lowest BCUT2D eigenvalue weighted by Crippen LogP contribution is -2.51. The third-order valence-corrected chi connectivity index (χ3v) is 3.61. The third kappa shape index (κ3) is 5.69. The molecule has 2 aromatic rings. The van der Waals surface area contributed by atoms with E-state index in [4.69, 9.17) is 4.74 Å². The fourth-order valence-corrected chi connectivity index (χ4v) is 2.10. The van der Waals surface area contributed by atoms with Gasteiger partial charge in [0.15, 0.2) is 0 Å². The Morgan fingerprint density at radius 1 is 0.962 bits per heavy atom. The van der Waals surface area contributed by atoms with Crippen LogP contribution in [-0.2, 0) is 12.0 Å². The van der Waals surface area contributed by atoms with Gasteiger partial charge in [-0.15, -0.1) is 0 Å². The maximum atomic E-state index is 12.7. The lowest BCUT2D eigenvalue weighted by molar-refractivity contribution is -0.173. The highest BCUT2D eigenvalue weighted by atomic mass is 19.4. The Balaban J connectivity index is 2.00. The molecule has 8 heteroatoms. The molecule has 26 heavy (non-hydrogen) atoms. The number of rotatable bonds is 7. The molecule has 2 rings (SSSR count).